The number of hydrogen-bond donors (Lipinski definition) is 0. The average Bonchev–Trinajstić information content (AvgIpc) is 2.83. The molecule has 0 radical (unpaired) electrons. The van der Waals surface area contributed by atoms with Gasteiger partial charge in [0.05, 0.1) is 7.11 Å². The summed E-state index contributed by atoms with van der Waals surface area (Å²) in [7, 11) is 3.50. The highest BCUT2D eigenvalue weighted by Gasteiger charge is 2.10. The van der Waals surface area contributed by atoms with E-state index >= 15 is 0 Å². The van der Waals surface area contributed by atoms with E-state index in [1.165, 1.54) is 17.8 Å². The molecule has 0 unspecified atom stereocenters. The highest BCUT2D eigenvalue weighted by molar-refractivity contribution is 7.98. The van der Waals surface area contributed by atoms with Crippen molar-refractivity contribution >= 4 is 22.7 Å². The third kappa shape index (κ3) is 2.71. The van der Waals surface area contributed by atoms with E-state index in [9.17, 15) is 4.79 Å². The van der Waals surface area contributed by atoms with Gasteiger partial charge in [0.25, 0.3) is 0 Å². The first kappa shape index (κ1) is 14.6. The van der Waals surface area contributed by atoms with E-state index in [0.717, 1.165) is 21.9 Å². The third-order valence-electron chi connectivity index (χ3n) is 3.45. The van der Waals surface area contributed by atoms with Crippen LogP contribution < -0.4 is 10.4 Å². The van der Waals surface area contributed by atoms with Crippen molar-refractivity contribution in [2.24, 2.45) is 7.05 Å². The summed E-state index contributed by atoms with van der Waals surface area (Å²) >= 11 is 1.53. The molecule has 0 aliphatic rings. The van der Waals surface area contributed by atoms with E-state index in [2.05, 4.69) is 10.2 Å². The Kier molecular flexibility index (Phi) is 3.89. The first-order valence-corrected chi connectivity index (χ1v) is 7.66. The largest absolute Gasteiger partial charge is 0.497 e. The minimum absolute atomic E-state index is 0.370. The van der Waals surface area contributed by atoms with Crippen LogP contribution in [-0.4, -0.2) is 21.9 Å². The summed E-state index contributed by atoms with van der Waals surface area (Å²) in [5.41, 5.74) is 1.06. The summed E-state index contributed by atoms with van der Waals surface area (Å²) in [6.07, 6.45) is 0. The van der Waals surface area contributed by atoms with Gasteiger partial charge in [-0.1, -0.05) is 11.8 Å². The van der Waals surface area contributed by atoms with Gasteiger partial charge in [-0.25, -0.2) is 4.79 Å². The molecule has 1 aromatic carbocycles. The number of aromatic nitrogens is 3. The number of thioether (sulfide) groups is 1. The molecule has 7 heteroatoms. The lowest BCUT2D eigenvalue weighted by Crippen LogP contribution is -2.01. The molecule has 2 heterocycles. The molecule has 2 aromatic heterocycles. The molecule has 3 rings (SSSR count). The van der Waals surface area contributed by atoms with Gasteiger partial charge in [-0.05, 0) is 24.6 Å². The molecule has 0 saturated heterocycles. The number of fused-ring (bicyclic) bond motifs is 1. The van der Waals surface area contributed by atoms with Crippen LogP contribution in [0.25, 0.3) is 11.0 Å². The molecule has 6 nitrogen and oxygen atoms in total. The normalized spacial score (nSPS) is 11.0. The van der Waals surface area contributed by atoms with Gasteiger partial charge >= 0.3 is 5.63 Å². The molecule has 3 aromatic rings. The molecule has 114 valence electrons. The van der Waals surface area contributed by atoms with Gasteiger partial charge in [0, 0.05) is 30.3 Å². The minimum atomic E-state index is -0.370. The Hall–Kier alpha value is -2.28. The maximum Gasteiger partial charge on any atom is 0.336 e. The van der Waals surface area contributed by atoms with Crippen LogP contribution in [0.3, 0.4) is 0 Å². The number of methoxy groups -OCH3 is 1. The van der Waals surface area contributed by atoms with E-state index in [0.29, 0.717) is 17.1 Å². The summed E-state index contributed by atoms with van der Waals surface area (Å²) < 4.78 is 12.3. The fraction of sp³-hybridized carbons (Fsp3) is 0.267. The molecule has 0 saturated carbocycles. The van der Waals surface area contributed by atoms with Crippen molar-refractivity contribution in [1.82, 2.24) is 14.8 Å². The molecule has 0 spiro atoms. The van der Waals surface area contributed by atoms with E-state index < -0.39 is 0 Å². The fourth-order valence-corrected chi connectivity index (χ4v) is 3.06. The molecule has 0 bridgehead atoms. The molecule has 0 atom stereocenters. The number of rotatable bonds is 4. The van der Waals surface area contributed by atoms with E-state index in [1.54, 1.807) is 13.2 Å². The van der Waals surface area contributed by atoms with Crippen LogP contribution in [0.4, 0.5) is 0 Å². The summed E-state index contributed by atoms with van der Waals surface area (Å²) in [5.74, 6) is 2.12. The number of benzene rings is 1. The van der Waals surface area contributed by atoms with Gasteiger partial charge in [0.15, 0.2) is 5.16 Å². The molecule has 0 aliphatic heterocycles. The minimum Gasteiger partial charge on any atom is -0.497 e. The lowest BCUT2D eigenvalue weighted by atomic mass is 10.1. The predicted octanol–water partition coefficient (Wildman–Crippen LogP) is 2.53. The highest BCUT2D eigenvalue weighted by Crippen LogP contribution is 2.27. The monoisotopic (exact) mass is 317 g/mol. The Morgan fingerprint density at radius 3 is 2.82 bits per heavy atom. The highest BCUT2D eigenvalue weighted by atomic mass is 32.2. The molecule has 0 amide bonds. The van der Waals surface area contributed by atoms with Crippen LogP contribution in [0.5, 0.6) is 5.75 Å². The summed E-state index contributed by atoms with van der Waals surface area (Å²) in [6, 6.07) is 6.99. The van der Waals surface area contributed by atoms with Crippen LogP contribution in [0.2, 0.25) is 0 Å². The van der Waals surface area contributed by atoms with Gasteiger partial charge in [0.2, 0.25) is 0 Å². The first-order chi connectivity index (χ1) is 10.6. The zero-order valence-electron chi connectivity index (χ0n) is 12.5. The zero-order chi connectivity index (χ0) is 15.7. The van der Waals surface area contributed by atoms with Crippen LogP contribution >= 0.6 is 11.8 Å². The van der Waals surface area contributed by atoms with Gasteiger partial charge in [-0.3, -0.25) is 0 Å². The van der Waals surface area contributed by atoms with E-state index in [1.807, 2.05) is 30.7 Å². The van der Waals surface area contributed by atoms with Crippen LogP contribution in [0.1, 0.15) is 11.4 Å². The third-order valence-corrected chi connectivity index (χ3v) is 4.52. The fourth-order valence-electron chi connectivity index (χ4n) is 2.11. The first-order valence-electron chi connectivity index (χ1n) is 6.68. The van der Waals surface area contributed by atoms with Crippen molar-refractivity contribution in [3.8, 4) is 5.75 Å². The van der Waals surface area contributed by atoms with Crippen LogP contribution in [-0.2, 0) is 12.8 Å². The second kappa shape index (κ2) is 5.84. The topological polar surface area (TPSA) is 70.2 Å². The SMILES string of the molecule is COc1ccc2c(CSc3nnc(C)n3C)cc(=O)oc2c1. The Balaban J connectivity index is 1.96. The molecular weight excluding hydrogens is 302 g/mol. The quantitative estimate of drug-likeness (QED) is 0.544. The zero-order valence-corrected chi connectivity index (χ0v) is 13.3. The number of aryl methyl sites for hydroxylation is 1. The Labute approximate surface area is 131 Å². The van der Waals surface area contributed by atoms with Crippen molar-refractivity contribution in [1.29, 1.82) is 0 Å². The Morgan fingerprint density at radius 1 is 1.32 bits per heavy atom. The van der Waals surface area contributed by atoms with Gasteiger partial charge in [-0.15, -0.1) is 10.2 Å². The average molecular weight is 317 g/mol. The lowest BCUT2D eigenvalue weighted by Gasteiger charge is -2.06. The molecule has 0 fully saturated rings. The van der Waals surface area contributed by atoms with E-state index in [-0.39, 0.29) is 5.63 Å². The standard InChI is InChI=1S/C15H15N3O3S/c1-9-16-17-15(18(9)2)22-8-10-6-14(19)21-13-7-11(20-3)4-5-12(10)13/h4-7H,8H2,1-3H3. The maximum atomic E-state index is 11.7. The Bertz CT molecular complexity index is 885. The van der Waals surface area contributed by atoms with Crippen molar-refractivity contribution in [2.45, 2.75) is 17.8 Å². The summed E-state index contributed by atoms with van der Waals surface area (Å²) in [4.78, 5) is 11.7. The molecule has 0 aliphatic carbocycles. The smallest absolute Gasteiger partial charge is 0.336 e. The van der Waals surface area contributed by atoms with Gasteiger partial charge < -0.3 is 13.7 Å². The number of hydrogen-bond acceptors (Lipinski definition) is 6. The summed E-state index contributed by atoms with van der Waals surface area (Å²) in [6.45, 7) is 1.90. The second-order valence-electron chi connectivity index (χ2n) is 4.83. The number of ether oxygens (including phenoxy) is 1. The van der Waals surface area contributed by atoms with Crippen molar-refractivity contribution in [3.63, 3.8) is 0 Å². The van der Waals surface area contributed by atoms with Crippen LogP contribution in [0, 0.1) is 6.92 Å². The van der Waals surface area contributed by atoms with Crippen molar-refractivity contribution in [2.75, 3.05) is 7.11 Å². The molecular formula is C15H15N3O3S. The molecule has 22 heavy (non-hydrogen) atoms. The van der Waals surface area contributed by atoms with Crippen molar-refractivity contribution in [3.05, 3.63) is 46.1 Å². The van der Waals surface area contributed by atoms with Gasteiger partial charge in [-0.2, -0.15) is 0 Å². The number of nitrogens with zero attached hydrogens (tertiary/aromatic N) is 3. The second-order valence-corrected chi connectivity index (χ2v) is 5.77. The Morgan fingerprint density at radius 2 is 2.14 bits per heavy atom. The molecule has 0 N–H and O–H groups in total. The van der Waals surface area contributed by atoms with Crippen molar-refractivity contribution < 1.29 is 9.15 Å². The maximum absolute atomic E-state index is 11.7. The lowest BCUT2D eigenvalue weighted by molar-refractivity contribution is 0.414. The van der Waals surface area contributed by atoms with Crippen LogP contribution in [0.15, 0.2) is 38.6 Å². The van der Waals surface area contributed by atoms with E-state index in [4.69, 9.17) is 9.15 Å². The predicted molar refractivity (Wildman–Crippen MR) is 84.3 cm³/mol. The van der Waals surface area contributed by atoms with Gasteiger partial charge in [0.1, 0.15) is 17.2 Å². The summed E-state index contributed by atoms with van der Waals surface area (Å²) in [5, 5.41) is 9.85.